The fourth-order valence-corrected chi connectivity index (χ4v) is 7.35. The maximum absolute atomic E-state index is 14.4. The van der Waals surface area contributed by atoms with Gasteiger partial charge < -0.3 is 45.9 Å². The van der Waals surface area contributed by atoms with Gasteiger partial charge in [0.05, 0.1) is 12.6 Å². The number of ether oxygens (including phenoxy) is 1. The van der Waals surface area contributed by atoms with E-state index in [1.807, 2.05) is 45.0 Å². The molecule has 0 radical (unpaired) electrons. The van der Waals surface area contributed by atoms with E-state index in [4.69, 9.17) is 4.74 Å². The van der Waals surface area contributed by atoms with E-state index in [0.29, 0.717) is 12.0 Å². The summed E-state index contributed by atoms with van der Waals surface area (Å²) in [6.45, 7) is 16.7. The third kappa shape index (κ3) is 13.5. The van der Waals surface area contributed by atoms with E-state index in [9.17, 15) is 38.7 Å². The first-order chi connectivity index (χ1) is 29.1. The van der Waals surface area contributed by atoms with Crippen molar-refractivity contribution in [2.45, 2.75) is 137 Å². The molecule has 2 aromatic rings. The maximum atomic E-state index is 14.4. The lowest BCUT2D eigenvalue weighted by Crippen LogP contribution is -2.58. The monoisotopic (exact) mass is 864 g/mol. The summed E-state index contributed by atoms with van der Waals surface area (Å²) in [5, 5.41) is 23.1. The summed E-state index contributed by atoms with van der Waals surface area (Å²) in [6, 6.07) is 1.99. The fraction of sp³-hybridized carbons (Fsp3) is 0.587. The number of carbonyl (C=O) groups is 7. The number of aromatic amines is 1. The maximum Gasteiger partial charge on any atom is 0.328 e. The molecule has 16 heteroatoms. The molecule has 62 heavy (non-hydrogen) atoms. The van der Waals surface area contributed by atoms with Crippen LogP contribution in [-0.4, -0.2) is 124 Å². The molecule has 0 fully saturated rings. The molecule has 1 aliphatic heterocycles. The molecule has 0 aliphatic carbocycles. The second-order valence-electron chi connectivity index (χ2n) is 17.2. The van der Waals surface area contributed by atoms with Crippen LogP contribution in [0.2, 0.25) is 0 Å². The Labute approximate surface area is 366 Å². The van der Waals surface area contributed by atoms with Crippen LogP contribution in [0.15, 0.2) is 53.8 Å². The second-order valence-corrected chi connectivity index (χ2v) is 17.2. The molecule has 0 bridgehead atoms. The molecule has 342 valence electrons. The Morgan fingerprint density at radius 3 is 2.19 bits per heavy atom. The average Bonchev–Trinajstić information content (AvgIpc) is 3.65. The van der Waals surface area contributed by atoms with Crippen LogP contribution in [0.5, 0.6) is 0 Å². The number of esters is 1. The average molecular weight is 864 g/mol. The molecular formula is C46H69N7O9. The highest BCUT2D eigenvalue weighted by Crippen LogP contribution is 2.24. The molecule has 16 nitrogen and oxygen atoms in total. The Morgan fingerprint density at radius 2 is 1.56 bits per heavy atom. The van der Waals surface area contributed by atoms with Crippen LogP contribution in [-0.2, 0) is 44.7 Å². The third-order valence-electron chi connectivity index (χ3n) is 11.8. The lowest BCUT2D eigenvalue weighted by molar-refractivity contribution is -0.155. The van der Waals surface area contributed by atoms with Gasteiger partial charge in [-0.05, 0) is 76.5 Å². The molecule has 1 aromatic carbocycles. The first kappa shape index (κ1) is 50.8. The highest BCUT2D eigenvalue weighted by atomic mass is 16.5. The number of likely N-dealkylation sites (N-methyl/N-ethyl adjacent to an activating group) is 2. The van der Waals surface area contributed by atoms with Crippen molar-refractivity contribution in [3.8, 4) is 0 Å². The molecule has 6 amide bonds. The summed E-state index contributed by atoms with van der Waals surface area (Å²) in [4.78, 5) is 102. The molecule has 6 N–H and O–H groups in total. The van der Waals surface area contributed by atoms with Crippen molar-refractivity contribution in [1.29, 1.82) is 0 Å². The zero-order chi connectivity index (χ0) is 46.6. The summed E-state index contributed by atoms with van der Waals surface area (Å²) in [6.07, 6.45) is 3.92. The highest BCUT2D eigenvalue weighted by molar-refractivity contribution is 5.98. The van der Waals surface area contributed by atoms with Gasteiger partial charge in [0.2, 0.25) is 35.4 Å². The van der Waals surface area contributed by atoms with Crippen LogP contribution in [0.4, 0.5) is 0 Å². The van der Waals surface area contributed by atoms with E-state index in [1.165, 1.54) is 37.7 Å². The Balaban J connectivity index is 2.08. The summed E-state index contributed by atoms with van der Waals surface area (Å²) in [5.41, 5.74) is 2.46. The molecule has 1 aromatic heterocycles. The van der Waals surface area contributed by atoms with Gasteiger partial charge >= 0.3 is 5.97 Å². The largest absolute Gasteiger partial charge is 0.456 e. The minimum atomic E-state index is -1.15. The van der Waals surface area contributed by atoms with Crippen molar-refractivity contribution in [2.24, 2.45) is 17.8 Å². The highest BCUT2D eigenvalue weighted by Gasteiger charge is 2.36. The van der Waals surface area contributed by atoms with Crippen LogP contribution in [0.1, 0.15) is 94.1 Å². The molecule has 0 spiro atoms. The van der Waals surface area contributed by atoms with E-state index in [2.05, 4.69) is 26.3 Å². The van der Waals surface area contributed by atoms with E-state index >= 15 is 0 Å². The van der Waals surface area contributed by atoms with Crippen LogP contribution in [0.3, 0.4) is 0 Å². The number of rotatable bonds is 7. The lowest BCUT2D eigenvalue weighted by Gasteiger charge is -2.33. The van der Waals surface area contributed by atoms with Gasteiger partial charge in [-0.15, -0.1) is 0 Å². The Bertz CT molecular complexity index is 1990. The van der Waals surface area contributed by atoms with Gasteiger partial charge in [-0.25, -0.2) is 4.79 Å². The van der Waals surface area contributed by atoms with E-state index in [1.54, 1.807) is 53.0 Å². The number of hydrogen-bond donors (Lipinski definition) is 6. The van der Waals surface area contributed by atoms with E-state index < -0.39 is 96.3 Å². The standard InChI is InChI=1S/C46H69N7O9/c1-13-26(5)39-43(58)49-31(10)46(61)62-40(27(6)14-2)29(8)37(54)20-19-28(7)41(56)50-35(21-25(3)4)42(57)48-30(9)44(59)53(12)36(45(60)52(11)24-38(55)51-39)22-32-23-47-34-18-16-15-17-33(32)34/h14-19,23,25-26,29-31,35-37,39-40,47,54H,13,20-22,24H2,1-12H3,(H,48,57)(H,49,58)(H,50,56)(H,51,55)/b27-14+,28-19+/t26?,29-,30-,31+,35+,36+,37-,39-,40+/m0/s1. The van der Waals surface area contributed by atoms with Crippen LogP contribution in [0.25, 0.3) is 10.9 Å². The number of fused-ring (bicyclic) bond motifs is 1. The third-order valence-corrected chi connectivity index (χ3v) is 11.8. The number of para-hydroxylation sites is 1. The summed E-state index contributed by atoms with van der Waals surface area (Å²) >= 11 is 0. The van der Waals surface area contributed by atoms with Crippen LogP contribution in [0, 0.1) is 17.8 Å². The number of nitrogens with one attached hydrogen (secondary N) is 5. The van der Waals surface area contributed by atoms with Gasteiger partial charge in [0.1, 0.15) is 36.3 Å². The molecule has 9 atom stereocenters. The predicted octanol–water partition coefficient (Wildman–Crippen LogP) is 3.29. The Hall–Kier alpha value is -5.51. The topological polar surface area (TPSA) is 219 Å². The molecule has 2 heterocycles. The molecular weight excluding hydrogens is 795 g/mol. The van der Waals surface area contributed by atoms with Crippen molar-refractivity contribution in [3.05, 3.63) is 59.3 Å². The number of aromatic nitrogens is 1. The predicted molar refractivity (Wildman–Crippen MR) is 237 cm³/mol. The zero-order valence-electron chi connectivity index (χ0n) is 38.5. The number of aliphatic hydroxyl groups is 1. The quantitative estimate of drug-likeness (QED) is 0.178. The molecule has 3 rings (SSSR count). The fourth-order valence-electron chi connectivity index (χ4n) is 7.35. The van der Waals surface area contributed by atoms with Crippen LogP contribution >= 0.6 is 0 Å². The van der Waals surface area contributed by atoms with Crippen molar-refractivity contribution in [3.63, 3.8) is 0 Å². The van der Waals surface area contributed by atoms with Gasteiger partial charge in [-0.2, -0.15) is 0 Å². The second kappa shape index (κ2) is 23.1. The summed E-state index contributed by atoms with van der Waals surface area (Å²) in [5.74, 6) is -5.39. The Morgan fingerprint density at radius 1 is 0.919 bits per heavy atom. The van der Waals surface area contributed by atoms with Gasteiger partial charge in [-0.3, -0.25) is 28.8 Å². The first-order valence-corrected chi connectivity index (χ1v) is 21.6. The number of amides is 6. The summed E-state index contributed by atoms with van der Waals surface area (Å²) in [7, 11) is 2.88. The molecule has 0 saturated carbocycles. The van der Waals surface area contributed by atoms with Crippen molar-refractivity contribution in [1.82, 2.24) is 36.1 Å². The van der Waals surface area contributed by atoms with Gasteiger partial charge in [0.15, 0.2) is 0 Å². The van der Waals surface area contributed by atoms with Gasteiger partial charge in [-0.1, -0.05) is 71.4 Å². The number of allylic oxidation sites excluding steroid dienone is 1. The zero-order valence-corrected chi connectivity index (χ0v) is 38.5. The molecule has 0 saturated heterocycles. The smallest absolute Gasteiger partial charge is 0.328 e. The van der Waals surface area contributed by atoms with Crippen molar-refractivity contribution >= 4 is 52.3 Å². The first-order valence-electron chi connectivity index (χ1n) is 21.6. The molecule has 1 aliphatic rings. The number of benzene rings is 1. The number of hydrogen-bond acceptors (Lipinski definition) is 9. The van der Waals surface area contributed by atoms with Gasteiger partial charge in [0, 0.05) is 49.1 Å². The SMILES string of the molecule is C/C=C(\C)[C@H]1OC(=O)[C@@H](C)NC(=O)[C@H](C(C)CC)NC(=O)CN(C)C(=O)[C@@H](Cc2c[nH]c3ccccc23)N(C)C(=O)[C@H](C)NC(=O)[C@@H](CC(C)C)NC(=O)/C(C)=C/C[C@H](O)[C@@H]1C. The molecule has 1 unspecified atom stereocenters. The number of H-pyrrole nitrogens is 1. The van der Waals surface area contributed by atoms with Crippen molar-refractivity contribution in [2.75, 3.05) is 20.6 Å². The van der Waals surface area contributed by atoms with Gasteiger partial charge in [0.25, 0.3) is 0 Å². The minimum Gasteiger partial charge on any atom is -0.456 e. The number of carbonyl (C=O) groups excluding carboxylic acids is 7. The normalized spacial score (nSPS) is 28.1. The van der Waals surface area contributed by atoms with E-state index in [-0.39, 0.29) is 36.7 Å². The van der Waals surface area contributed by atoms with E-state index in [0.717, 1.165) is 16.5 Å². The van der Waals surface area contributed by atoms with Crippen LogP contribution < -0.4 is 21.3 Å². The lowest BCUT2D eigenvalue weighted by atomic mass is 9.90. The number of cyclic esters (lactones) is 1. The Kier molecular flexibility index (Phi) is 18.9. The number of nitrogens with zero attached hydrogens (tertiary/aromatic N) is 2. The number of aliphatic hydroxyl groups excluding tert-OH is 1. The minimum absolute atomic E-state index is 0.0145. The van der Waals surface area contributed by atoms with Crippen molar-refractivity contribution < 1.29 is 43.4 Å². The summed E-state index contributed by atoms with van der Waals surface area (Å²) < 4.78 is 5.89.